The Kier molecular flexibility index (Phi) is 6.46. The summed E-state index contributed by atoms with van der Waals surface area (Å²) in [4.78, 5) is 0. The smallest absolute Gasteiger partial charge is 0.266 e. The van der Waals surface area contributed by atoms with E-state index in [1.165, 1.54) is 0 Å². The molecule has 0 bridgehead atoms. The molecule has 1 fully saturated rings. The van der Waals surface area contributed by atoms with E-state index < -0.39 is 17.8 Å². The van der Waals surface area contributed by atoms with Crippen LogP contribution in [0.3, 0.4) is 0 Å². The molecule has 0 amide bonds. The Labute approximate surface area is 135 Å². The van der Waals surface area contributed by atoms with E-state index in [0.29, 0.717) is 37.0 Å². The van der Waals surface area contributed by atoms with Gasteiger partial charge in [-0.25, -0.2) is 13.2 Å². The maximum Gasteiger partial charge on any atom is 0.266 e. The Bertz CT molecular complexity index is 558. The van der Waals surface area contributed by atoms with Crippen LogP contribution in [0.5, 0.6) is 0 Å². The lowest BCUT2D eigenvalue weighted by Gasteiger charge is -2.29. The highest BCUT2D eigenvalue weighted by molar-refractivity contribution is 5.38. The molecule has 0 saturated carbocycles. The summed E-state index contributed by atoms with van der Waals surface area (Å²) in [5, 5.41) is 0. The number of rotatable bonds is 6. The molecule has 126 valence electrons. The number of allylic oxidation sites excluding steroid dienone is 2. The van der Waals surface area contributed by atoms with Crippen molar-refractivity contribution >= 4 is 0 Å². The molecule has 0 aromatic heterocycles. The maximum atomic E-state index is 14.5. The average molecular weight is 324 g/mol. The number of benzene rings is 1. The topological polar surface area (TPSA) is 9.23 Å². The summed E-state index contributed by atoms with van der Waals surface area (Å²) in [5.74, 6) is -0.942. The van der Waals surface area contributed by atoms with Gasteiger partial charge in [0.05, 0.1) is 18.3 Å². The van der Waals surface area contributed by atoms with Crippen molar-refractivity contribution in [3.63, 3.8) is 0 Å². The van der Waals surface area contributed by atoms with Crippen LogP contribution in [-0.4, -0.2) is 12.7 Å². The second kappa shape index (κ2) is 8.34. The van der Waals surface area contributed by atoms with Crippen molar-refractivity contribution in [1.82, 2.24) is 0 Å². The number of ether oxygens (including phenoxy) is 1. The first-order chi connectivity index (χ1) is 11.1. The van der Waals surface area contributed by atoms with E-state index in [9.17, 15) is 13.2 Å². The summed E-state index contributed by atoms with van der Waals surface area (Å²) in [5.41, 5.74) is 0.284. The largest absolute Gasteiger partial charge is 0.374 e. The molecule has 1 aromatic carbocycles. The van der Waals surface area contributed by atoms with E-state index in [4.69, 9.17) is 4.74 Å². The molecule has 2 unspecified atom stereocenters. The Balaban J connectivity index is 2.26. The van der Waals surface area contributed by atoms with Crippen LogP contribution in [0.1, 0.15) is 55.2 Å². The lowest BCUT2D eigenvalue weighted by Crippen LogP contribution is -2.24. The molecule has 4 heteroatoms. The zero-order valence-corrected chi connectivity index (χ0v) is 13.4. The second-order valence-electron chi connectivity index (χ2n) is 5.83. The van der Waals surface area contributed by atoms with E-state index >= 15 is 0 Å². The highest BCUT2D eigenvalue weighted by Crippen LogP contribution is 2.37. The van der Waals surface area contributed by atoms with Crippen LogP contribution < -0.4 is 0 Å². The molecule has 0 N–H and O–H groups in total. The molecule has 2 atom stereocenters. The van der Waals surface area contributed by atoms with E-state index in [1.54, 1.807) is 18.2 Å². The minimum atomic E-state index is -2.82. The summed E-state index contributed by atoms with van der Waals surface area (Å²) in [6.07, 6.45) is 5.13. The predicted molar refractivity (Wildman–Crippen MR) is 86.4 cm³/mol. The third kappa shape index (κ3) is 4.25. The Morgan fingerprint density at radius 2 is 2.13 bits per heavy atom. The third-order valence-electron chi connectivity index (χ3n) is 4.34. The number of hydrogen-bond donors (Lipinski definition) is 0. The van der Waals surface area contributed by atoms with E-state index in [1.807, 2.05) is 19.1 Å². The molecule has 23 heavy (non-hydrogen) atoms. The fraction of sp³-hybridized carbons (Fsp3) is 0.474. The van der Waals surface area contributed by atoms with Crippen molar-refractivity contribution in [1.29, 1.82) is 0 Å². The van der Waals surface area contributed by atoms with E-state index in [0.717, 1.165) is 6.42 Å². The lowest BCUT2D eigenvalue weighted by atomic mass is 9.86. The summed E-state index contributed by atoms with van der Waals surface area (Å²) < 4.78 is 47.0. The highest BCUT2D eigenvalue weighted by atomic mass is 19.3. The molecule has 1 aliphatic heterocycles. The van der Waals surface area contributed by atoms with Gasteiger partial charge in [0, 0.05) is 5.92 Å². The first-order valence-corrected chi connectivity index (χ1v) is 8.03. The Morgan fingerprint density at radius 3 is 2.70 bits per heavy atom. The molecule has 1 heterocycles. The number of alkyl halides is 2. The van der Waals surface area contributed by atoms with Gasteiger partial charge in [-0.1, -0.05) is 30.4 Å². The molecule has 0 spiro atoms. The van der Waals surface area contributed by atoms with Crippen molar-refractivity contribution in [3.8, 4) is 0 Å². The molecular formula is C19H23F3O. The minimum absolute atomic E-state index is 0.0359. The third-order valence-corrected chi connectivity index (χ3v) is 4.34. The molecule has 0 radical (unpaired) electrons. The second-order valence-corrected chi connectivity index (χ2v) is 5.83. The normalized spacial score (nSPS) is 22.0. The van der Waals surface area contributed by atoms with E-state index in [-0.39, 0.29) is 12.0 Å². The molecule has 1 saturated heterocycles. The SMILES string of the molecule is C=CC1CCC(c2ccc(CC/C=C/C)c(F)c2C(F)F)CO1. The maximum absolute atomic E-state index is 14.5. The van der Waals surface area contributed by atoms with Crippen molar-refractivity contribution in [2.75, 3.05) is 6.61 Å². The van der Waals surface area contributed by atoms with Gasteiger partial charge in [-0.2, -0.15) is 0 Å². The van der Waals surface area contributed by atoms with Gasteiger partial charge in [0.15, 0.2) is 0 Å². The molecule has 0 aliphatic carbocycles. The fourth-order valence-electron chi connectivity index (χ4n) is 3.03. The summed E-state index contributed by atoms with van der Waals surface area (Å²) in [6, 6.07) is 3.29. The van der Waals surface area contributed by atoms with Gasteiger partial charge >= 0.3 is 0 Å². The summed E-state index contributed by atoms with van der Waals surface area (Å²) >= 11 is 0. The van der Waals surface area contributed by atoms with Gasteiger partial charge in [-0.3, -0.25) is 0 Å². The first kappa shape index (κ1) is 17.8. The zero-order chi connectivity index (χ0) is 16.8. The van der Waals surface area contributed by atoms with E-state index in [2.05, 4.69) is 6.58 Å². The molecular weight excluding hydrogens is 301 g/mol. The van der Waals surface area contributed by atoms with Crippen LogP contribution >= 0.6 is 0 Å². The van der Waals surface area contributed by atoms with Gasteiger partial charge < -0.3 is 4.74 Å². The average Bonchev–Trinajstić information content (AvgIpc) is 2.56. The Hall–Kier alpha value is -1.55. The standard InChI is InChI=1S/C19H23F3O/c1-3-5-6-7-13-9-11-16(17(18(13)20)19(21)22)14-8-10-15(4-2)23-12-14/h3-5,9,11,14-15,19H,2,6-8,10,12H2,1H3/b5-3+. The van der Waals surface area contributed by atoms with Crippen molar-refractivity contribution < 1.29 is 17.9 Å². The number of aryl methyl sites for hydroxylation is 1. The summed E-state index contributed by atoms with van der Waals surface area (Å²) in [7, 11) is 0. The lowest BCUT2D eigenvalue weighted by molar-refractivity contribution is 0.0317. The van der Waals surface area contributed by atoms with Crippen LogP contribution in [0.25, 0.3) is 0 Å². The quantitative estimate of drug-likeness (QED) is 0.608. The van der Waals surface area contributed by atoms with Crippen LogP contribution in [0.2, 0.25) is 0 Å². The summed E-state index contributed by atoms with van der Waals surface area (Å²) in [6.45, 7) is 5.88. The predicted octanol–water partition coefficient (Wildman–Crippen LogP) is 5.72. The zero-order valence-electron chi connectivity index (χ0n) is 13.4. The van der Waals surface area contributed by atoms with Crippen LogP contribution in [0.15, 0.2) is 36.9 Å². The monoisotopic (exact) mass is 324 g/mol. The van der Waals surface area contributed by atoms with Gasteiger partial charge in [0.2, 0.25) is 0 Å². The molecule has 1 aliphatic rings. The van der Waals surface area contributed by atoms with Gasteiger partial charge in [0.25, 0.3) is 6.43 Å². The number of halogens is 3. The fourth-order valence-corrected chi connectivity index (χ4v) is 3.03. The van der Waals surface area contributed by atoms with Crippen molar-refractivity contribution in [3.05, 3.63) is 59.4 Å². The van der Waals surface area contributed by atoms with Crippen molar-refractivity contribution in [2.24, 2.45) is 0 Å². The molecule has 2 rings (SSSR count). The minimum Gasteiger partial charge on any atom is -0.374 e. The van der Waals surface area contributed by atoms with Crippen molar-refractivity contribution in [2.45, 2.75) is 51.1 Å². The first-order valence-electron chi connectivity index (χ1n) is 8.03. The van der Waals surface area contributed by atoms with Gasteiger partial charge in [-0.05, 0) is 43.7 Å². The molecule has 1 nitrogen and oxygen atoms in total. The van der Waals surface area contributed by atoms with Gasteiger partial charge in [-0.15, -0.1) is 6.58 Å². The van der Waals surface area contributed by atoms with Gasteiger partial charge in [0.1, 0.15) is 5.82 Å². The van der Waals surface area contributed by atoms with Crippen LogP contribution in [0, 0.1) is 5.82 Å². The highest BCUT2D eigenvalue weighted by Gasteiger charge is 2.28. The Morgan fingerprint density at radius 1 is 1.35 bits per heavy atom. The number of hydrogen-bond acceptors (Lipinski definition) is 1. The molecule has 1 aromatic rings. The van der Waals surface area contributed by atoms with Crippen LogP contribution in [-0.2, 0) is 11.2 Å². The van der Waals surface area contributed by atoms with Crippen LogP contribution in [0.4, 0.5) is 13.2 Å².